The number of hydrogen-bond acceptors (Lipinski definition) is 2. The number of halogens is 8. The predicted octanol–water partition coefficient (Wildman–Crippen LogP) is 2.88. The fourth-order valence-electron chi connectivity index (χ4n) is 4.32. The summed E-state index contributed by atoms with van der Waals surface area (Å²) in [6.07, 6.45) is -16.6. The van der Waals surface area contributed by atoms with Gasteiger partial charge in [0.25, 0.3) is 11.3 Å². The second-order valence-corrected chi connectivity index (χ2v) is 6.00. The van der Waals surface area contributed by atoms with Crippen LogP contribution in [0.2, 0.25) is 0 Å². The van der Waals surface area contributed by atoms with Gasteiger partial charge in [-0.05, 0) is 0 Å². The molecule has 0 aromatic rings. The van der Waals surface area contributed by atoms with Gasteiger partial charge >= 0.3 is 12.4 Å². The molecule has 10 heteroatoms. The van der Waals surface area contributed by atoms with Crippen molar-refractivity contribution in [3.05, 3.63) is 12.2 Å². The molecule has 124 valence electrons. The molecule has 8 unspecified atom stereocenters. The first-order valence-electron chi connectivity index (χ1n) is 6.45. The molecule has 22 heavy (non-hydrogen) atoms. The summed E-state index contributed by atoms with van der Waals surface area (Å²) in [4.78, 5) is 0. The molecule has 4 bridgehead atoms. The van der Waals surface area contributed by atoms with Gasteiger partial charge in [-0.15, -0.1) is 0 Å². The standard InChI is InChI=1S/C12H8F8O2/c13-9(11(15,16)17)7-5-3-1-2-4(21-3)6(5)8(22-7)10(9,14)12(18,19)20/h1-8H. The highest BCUT2D eigenvalue weighted by Crippen LogP contribution is 2.70. The van der Waals surface area contributed by atoms with Crippen molar-refractivity contribution >= 4 is 0 Å². The lowest BCUT2D eigenvalue weighted by Crippen LogP contribution is -2.73. The summed E-state index contributed by atoms with van der Waals surface area (Å²) >= 11 is 0. The predicted molar refractivity (Wildman–Crippen MR) is 53.2 cm³/mol. The highest BCUT2D eigenvalue weighted by Gasteiger charge is 2.94. The summed E-state index contributed by atoms with van der Waals surface area (Å²) in [7, 11) is 0. The van der Waals surface area contributed by atoms with Crippen LogP contribution >= 0.6 is 0 Å². The van der Waals surface area contributed by atoms with Gasteiger partial charge in [0.15, 0.2) is 0 Å². The Morgan fingerprint density at radius 3 is 1.36 bits per heavy atom. The maximum absolute atomic E-state index is 14.6. The third-order valence-corrected chi connectivity index (χ3v) is 5.14. The average Bonchev–Trinajstić information content (AvgIpc) is 3.07. The van der Waals surface area contributed by atoms with Crippen LogP contribution in [0.5, 0.6) is 0 Å². The molecule has 8 atom stereocenters. The molecule has 0 amide bonds. The maximum atomic E-state index is 14.6. The van der Waals surface area contributed by atoms with Crippen molar-refractivity contribution in [3.8, 4) is 0 Å². The van der Waals surface area contributed by atoms with Crippen molar-refractivity contribution in [2.45, 2.75) is 48.1 Å². The Labute approximate surface area is 118 Å². The first-order chi connectivity index (χ1) is 9.94. The van der Waals surface area contributed by atoms with Gasteiger partial charge in [-0.2, -0.15) is 26.3 Å². The first kappa shape index (κ1) is 14.7. The van der Waals surface area contributed by atoms with Crippen LogP contribution in [0.25, 0.3) is 0 Å². The van der Waals surface area contributed by atoms with Gasteiger partial charge in [0.05, 0.1) is 12.2 Å². The summed E-state index contributed by atoms with van der Waals surface area (Å²) in [5.41, 5.74) is -10.3. The molecule has 0 aromatic heterocycles. The Bertz CT molecular complexity index is 510. The number of rotatable bonds is 0. The van der Waals surface area contributed by atoms with Gasteiger partial charge in [0, 0.05) is 11.8 Å². The Morgan fingerprint density at radius 1 is 0.682 bits per heavy atom. The molecule has 3 fully saturated rings. The average molecular weight is 336 g/mol. The van der Waals surface area contributed by atoms with Crippen LogP contribution in [0, 0.1) is 11.8 Å². The van der Waals surface area contributed by atoms with E-state index in [9.17, 15) is 35.1 Å². The lowest BCUT2D eigenvalue weighted by Gasteiger charge is -2.46. The molecule has 0 spiro atoms. The lowest BCUT2D eigenvalue weighted by molar-refractivity contribution is -0.349. The van der Waals surface area contributed by atoms with E-state index in [1.807, 2.05) is 0 Å². The van der Waals surface area contributed by atoms with Crippen LogP contribution in [-0.4, -0.2) is 48.1 Å². The Kier molecular flexibility index (Phi) is 2.41. The number of alkyl halides is 8. The van der Waals surface area contributed by atoms with E-state index in [0.29, 0.717) is 0 Å². The molecule has 4 aliphatic rings. The molecule has 4 heterocycles. The van der Waals surface area contributed by atoms with Gasteiger partial charge < -0.3 is 9.47 Å². The zero-order valence-electron chi connectivity index (χ0n) is 10.5. The minimum atomic E-state index is -6.06. The van der Waals surface area contributed by atoms with Gasteiger partial charge in [-0.3, -0.25) is 0 Å². The summed E-state index contributed by atoms with van der Waals surface area (Å²) in [5, 5.41) is 0. The highest BCUT2D eigenvalue weighted by atomic mass is 19.4. The van der Waals surface area contributed by atoms with Crippen LogP contribution in [0.15, 0.2) is 12.2 Å². The molecule has 4 aliphatic heterocycles. The van der Waals surface area contributed by atoms with Crippen molar-refractivity contribution in [2.24, 2.45) is 11.8 Å². The molecule has 0 aliphatic carbocycles. The zero-order valence-corrected chi connectivity index (χ0v) is 10.5. The summed E-state index contributed by atoms with van der Waals surface area (Å²) in [6.45, 7) is 0. The van der Waals surface area contributed by atoms with Crippen LogP contribution in [0.4, 0.5) is 35.1 Å². The zero-order chi connectivity index (χ0) is 16.3. The van der Waals surface area contributed by atoms with Crippen molar-refractivity contribution in [1.82, 2.24) is 0 Å². The largest absolute Gasteiger partial charge is 0.428 e. The molecular formula is C12H8F8O2. The van der Waals surface area contributed by atoms with Crippen molar-refractivity contribution < 1.29 is 44.6 Å². The van der Waals surface area contributed by atoms with E-state index in [-0.39, 0.29) is 0 Å². The Hall–Kier alpha value is -0.900. The fourth-order valence-corrected chi connectivity index (χ4v) is 4.32. The summed E-state index contributed by atoms with van der Waals surface area (Å²) in [6, 6.07) is 0. The SMILES string of the molecule is FC(F)(F)C1(F)C2OC(C3C4C=CC(O4)C32)C1(F)C(F)(F)F. The Morgan fingerprint density at radius 2 is 1.05 bits per heavy atom. The minimum Gasteiger partial charge on any atom is -0.366 e. The molecule has 0 aromatic carbocycles. The van der Waals surface area contributed by atoms with E-state index < -0.39 is 59.9 Å². The third kappa shape index (κ3) is 1.24. The minimum absolute atomic E-state index is 0.986. The smallest absolute Gasteiger partial charge is 0.366 e. The monoisotopic (exact) mass is 336 g/mol. The molecule has 0 radical (unpaired) electrons. The van der Waals surface area contributed by atoms with E-state index in [1.54, 1.807) is 0 Å². The van der Waals surface area contributed by atoms with E-state index in [1.165, 1.54) is 12.2 Å². The van der Waals surface area contributed by atoms with E-state index in [4.69, 9.17) is 4.74 Å². The van der Waals surface area contributed by atoms with Gasteiger partial charge in [0.2, 0.25) is 0 Å². The van der Waals surface area contributed by atoms with E-state index in [0.717, 1.165) is 0 Å². The van der Waals surface area contributed by atoms with Gasteiger partial charge in [-0.25, -0.2) is 8.78 Å². The van der Waals surface area contributed by atoms with Gasteiger partial charge in [0.1, 0.15) is 12.2 Å². The molecule has 0 saturated carbocycles. The third-order valence-electron chi connectivity index (χ3n) is 5.14. The molecule has 4 rings (SSSR count). The van der Waals surface area contributed by atoms with Crippen LogP contribution in [0.1, 0.15) is 0 Å². The van der Waals surface area contributed by atoms with E-state index >= 15 is 0 Å². The Balaban J connectivity index is 1.90. The van der Waals surface area contributed by atoms with Crippen molar-refractivity contribution in [2.75, 3.05) is 0 Å². The maximum Gasteiger partial charge on any atom is 0.428 e. The second-order valence-electron chi connectivity index (χ2n) is 6.00. The summed E-state index contributed by atoms with van der Waals surface area (Å²) < 4.78 is 117. The first-order valence-corrected chi connectivity index (χ1v) is 6.45. The molecule has 3 saturated heterocycles. The van der Waals surface area contributed by atoms with Gasteiger partial charge in [-0.1, -0.05) is 12.2 Å². The fraction of sp³-hybridized carbons (Fsp3) is 0.833. The number of ether oxygens (including phenoxy) is 2. The van der Waals surface area contributed by atoms with Crippen LogP contribution in [0.3, 0.4) is 0 Å². The quantitative estimate of drug-likeness (QED) is 0.500. The topological polar surface area (TPSA) is 18.5 Å². The normalized spacial score (nSPS) is 56.0. The van der Waals surface area contributed by atoms with Crippen molar-refractivity contribution in [3.63, 3.8) is 0 Å². The van der Waals surface area contributed by atoms with Crippen LogP contribution < -0.4 is 0 Å². The molecule has 2 nitrogen and oxygen atoms in total. The second kappa shape index (κ2) is 3.61. The lowest BCUT2D eigenvalue weighted by atomic mass is 9.61. The summed E-state index contributed by atoms with van der Waals surface area (Å²) in [5.74, 6) is -2.56. The number of hydrogen-bond donors (Lipinski definition) is 0. The van der Waals surface area contributed by atoms with Crippen LogP contribution in [-0.2, 0) is 9.47 Å². The number of fused-ring (bicyclic) bond motifs is 9. The molecular weight excluding hydrogens is 328 g/mol. The van der Waals surface area contributed by atoms with E-state index in [2.05, 4.69) is 4.74 Å². The van der Waals surface area contributed by atoms with Crippen molar-refractivity contribution in [1.29, 1.82) is 0 Å². The highest BCUT2D eigenvalue weighted by molar-refractivity contribution is 5.34. The molecule has 0 N–H and O–H groups in total.